The zero-order chi connectivity index (χ0) is 26.7. The topological polar surface area (TPSA) is 49.4 Å². The number of rotatable bonds is 11. The molecule has 4 rings (SSSR count). The molecule has 7 heteroatoms. The predicted octanol–water partition coefficient (Wildman–Crippen LogP) is 7.42. The Balaban J connectivity index is 1.57. The molecule has 1 aliphatic carbocycles. The molecule has 0 saturated heterocycles. The van der Waals surface area contributed by atoms with Crippen LogP contribution < -0.4 is 5.32 Å². The van der Waals surface area contributed by atoms with Crippen LogP contribution in [-0.2, 0) is 28.3 Å². The fourth-order valence-corrected chi connectivity index (χ4v) is 6.52. The van der Waals surface area contributed by atoms with Crippen molar-refractivity contribution in [3.8, 4) is 0 Å². The normalized spacial score (nSPS) is 14.6. The molecule has 1 N–H and O–H groups in total. The number of halogens is 2. The number of amides is 2. The van der Waals surface area contributed by atoms with Crippen LogP contribution in [0.15, 0.2) is 83.3 Å². The van der Waals surface area contributed by atoms with E-state index >= 15 is 0 Å². The number of hydrogen-bond donors (Lipinski definition) is 1. The summed E-state index contributed by atoms with van der Waals surface area (Å²) in [4.78, 5) is 29.4. The third-order valence-corrected chi connectivity index (χ3v) is 8.73. The highest BCUT2D eigenvalue weighted by molar-refractivity contribution is 9.10. The van der Waals surface area contributed by atoms with Gasteiger partial charge in [-0.2, -0.15) is 0 Å². The first kappa shape index (κ1) is 28.7. The highest BCUT2D eigenvalue weighted by Gasteiger charge is 2.31. The van der Waals surface area contributed by atoms with E-state index in [0.717, 1.165) is 46.8 Å². The van der Waals surface area contributed by atoms with E-state index in [9.17, 15) is 9.59 Å². The molecule has 3 aromatic carbocycles. The lowest BCUT2D eigenvalue weighted by atomic mass is 9.94. The van der Waals surface area contributed by atoms with Crippen molar-refractivity contribution in [1.29, 1.82) is 0 Å². The second-order valence-corrected chi connectivity index (χ2v) is 12.1. The SMILES string of the molecule is O=C(NC1CCCCC1)C(Cc1ccccc1)N(Cc1cccc(Br)c1)C(=O)CSCc1ccccc1Cl. The lowest BCUT2D eigenvalue weighted by molar-refractivity contribution is -0.139. The van der Waals surface area contributed by atoms with Gasteiger partial charge in [-0.3, -0.25) is 9.59 Å². The van der Waals surface area contributed by atoms with E-state index in [0.29, 0.717) is 23.7 Å². The summed E-state index contributed by atoms with van der Waals surface area (Å²) in [5.74, 6) is 0.775. The zero-order valence-corrected chi connectivity index (χ0v) is 24.6. The number of benzene rings is 3. The van der Waals surface area contributed by atoms with E-state index in [4.69, 9.17) is 11.6 Å². The minimum Gasteiger partial charge on any atom is -0.352 e. The monoisotopic (exact) mass is 612 g/mol. The van der Waals surface area contributed by atoms with Gasteiger partial charge in [-0.05, 0) is 47.7 Å². The average molecular weight is 614 g/mol. The van der Waals surface area contributed by atoms with E-state index < -0.39 is 6.04 Å². The van der Waals surface area contributed by atoms with Gasteiger partial charge in [0.1, 0.15) is 6.04 Å². The molecule has 1 fully saturated rings. The molecule has 1 aliphatic rings. The van der Waals surface area contributed by atoms with Gasteiger partial charge in [-0.1, -0.05) is 107 Å². The van der Waals surface area contributed by atoms with Gasteiger partial charge in [0, 0.05) is 34.3 Å². The Morgan fingerprint density at radius 3 is 2.39 bits per heavy atom. The summed E-state index contributed by atoms with van der Waals surface area (Å²) in [6, 6.07) is 25.2. The molecule has 3 aromatic rings. The number of nitrogens with zero attached hydrogens (tertiary/aromatic N) is 1. The Bertz CT molecular complexity index is 1200. The van der Waals surface area contributed by atoms with E-state index in [1.54, 1.807) is 4.90 Å². The second kappa shape index (κ2) is 14.8. The van der Waals surface area contributed by atoms with Crippen LogP contribution in [0.2, 0.25) is 5.02 Å². The molecular formula is C31H34BrClN2O2S. The molecule has 1 saturated carbocycles. The van der Waals surface area contributed by atoms with Gasteiger partial charge in [0.05, 0.1) is 5.75 Å². The number of nitrogens with one attached hydrogen (secondary N) is 1. The summed E-state index contributed by atoms with van der Waals surface area (Å²) >= 11 is 11.4. The van der Waals surface area contributed by atoms with E-state index in [2.05, 4.69) is 21.2 Å². The van der Waals surface area contributed by atoms with Crippen molar-refractivity contribution < 1.29 is 9.59 Å². The Morgan fingerprint density at radius 1 is 0.947 bits per heavy atom. The molecule has 0 aliphatic heterocycles. The predicted molar refractivity (Wildman–Crippen MR) is 161 cm³/mol. The van der Waals surface area contributed by atoms with Crippen molar-refractivity contribution in [2.45, 2.75) is 62.9 Å². The molecule has 200 valence electrons. The molecular weight excluding hydrogens is 580 g/mol. The zero-order valence-electron chi connectivity index (χ0n) is 21.5. The average Bonchev–Trinajstić information content (AvgIpc) is 2.93. The Kier molecular flexibility index (Phi) is 11.2. The van der Waals surface area contributed by atoms with Crippen molar-refractivity contribution in [2.24, 2.45) is 0 Å². The Labute approximate surface area is 243 Å². The first-order valence-corrected chi connectivity index (χ1v) is 15.5. The van der Waals surface area contributed by atoms with E-state index in [1.165, 1.54) is 18.2 Å². The molecule has 1 unspecified atom stereocenters. The summed E-state index contributed by atoms with van der Waals surface area (Å²) in [6.45, 7) is 0.362. The van der Waals surface area contributed by atoms with Gasteiger partial charge in [0.2, 0.25) is 11.8 Å². The van der Waals surface area contributed by atoms with Gasteiger partial charge in [-0.15, -0.1) is 11.8 Å². The lowest BCUT2D eigenvalue weighted by Crippen LogP contribution is -2.53. The molecule has 38 heavy (non-hydrogen) atoms. The largest absolute Gasteiger partial charge is 0.352 e. The maximum atomic E-state index is 13.8. The van der Waals surface area contributed by atoms with Gasteiger partial charge >= 0.3 is 0 Å². The molecule has 0 heterocycles. The summed E-state index contributed by atoms with van der Waals surface area (Å²) in [7, 11) is 0. The standard InChI is InChI=1S/C31H34BrClN2O2S/c32-26-14-9-12-24(18-26)20-35(30(36)22-38-21-25-13-7-8-17-28(25)33)29(19-23-10-3-1-4-11-23)31(37)34-27-15-5-2-6-16-27/h1,3-4,7-14,17-18,27,29H,2,5-6,15-16,19-22H2,(H,34,37). The Hall–Kier alpha value is -2.28. The molecule has 0 bridgehead atoms. The van der Waals surface area contributed by atoms with Crippen LogP contribution in [0.1, 0.15) is 48.8 Å². The fraction of sp³-hybridized carbons (Fsp3) is 0.355. The van der Waals surface area contributed by atoms with Crippen molar-refractivity contribution in [1.82, 2.24) is 10.2 Å². The lowest BCUT2D eigenvalue weighted by Gasteiger charge is -2.33. The second-order valence-electron chi connectivity index (χ2n) is 9.78. The maximum Gasteiger partial charge on any atom is 0.243 e. The summed E-state index contributed by atoms with van der Waals surface area (Å²) in [5.41, 5.74) is 3.01. The van der Waals surface area contributed by atoms with Crippen LogP contribution in [-0.4, -0.2) is 34.6 Å². The number of carbonyl (C=O) groups is 2. The van der Waals surface area contributed by atoms with Gasteiger partial charge < -0.3 is 10.2 Å². The maximum absolute atomic E-state index is 13.8. The number of thioether (sulfide) groups is 1. The molecule has 4 nitrogen and oxygen atoms in total. The van der Waals surface area contributed by atoms with E-state index in [-0.39, 0.29) is 23.6 Å². The van der Waals surface area contributed by atoms with Crippen molar-refractivity contribution in [3.63, 3.8) is 0 Å². The van der Waals surface area contributed by atoms with Gasteiger partial charge in [-0.25, -0.2) is 0 Å². The first-order valence-electron chi connectivity index (χ1n) is 13.2. The van der Waals surface area contributed by atoms with Crippen LogP contribution in [0, 0.1) is 0 Å². The molecule has 2 amide bonds. The number of carbonyl (C=O) groups excluding carboxylic acids is 2. The van der Waals surface area contributed by atoms with Gasteiger partial charge in [0.15, 0.2) is 0 Å². The molecule has 1 atom stereocenters. The highest BCUT2D eigenvalue weighted by Crippen LogP contribution is 2.24. The highest BCUT2D eigenvalue weighted by atomic mass is 79.9. The van der Waals surface area contributed by atoms with Crippen molar-refractivity contribution in [3.05, 3.63) is 105 Å². The van der Waals surface area contributed by atoms with E-state index in [1.807, 2.05) is 78.9 Å². The first-order chi connectivity index (χ1) is 18.5. The van der Waals surface area contributed by atoms with Crippen LogP contribution in [0.4, 0.5) is 0 Å². The minimum absolute atomic E-state index is 0.0539. The van der Waals surface area contributed by atoms with Gasteiger partial charge in [0.25, 0.3) is 0 Å². The van der Waals surface area contributed by atoms with Crippen molar-refractivity contribution in [2.75, 3.05) is 5.75 Å². The third-order valence-electron chi connectivity index (χ3n) is 6.91. The minimum atomic E-state index is -0.605. The number of hydrogen-bond acceptors (Lipinski definition) is 3. The van der Waals surface area contributed by atoms with Crippen LogP contribution in [0.5, 0.6) is 0 Å². The Morgan fingerprint density at radius 2 is 1.66 bits per heavy atom. The summed E-state index contributed by atoms with van der Waals surface area (Å²) in [6.07, 6.45) is 5.94. The molecule has 0 spiro atoms. The third kappa shape index (κ3) is 8.62. The van der Waals surface area contributed by atoms with Crippen LogP contribution in [0.25, 0.3) is 0 Å². The quantitative estimate of drug-likeness (QED) is 0.245. The molecule has 0 radical (unpaired) electrons. The summed E-state index contributed by atoms with van der Waals surface area (Å²) in [5, 5.41) is 4.00. The smallest absolute Gasteiger partial charge is 0.243 e. The fourth-order valence-electron chi connectivity index (χ4n) is 4.88. The van der Waals surface area contributed by atoms with Crippen LogP contribution >= 0.6 is 39.3 Å². The summed E-state index contributed by atoms with van der Waals surface area (Å²) < 4.78 is 0.946. The molecule has 0 aromatic heterocycles. The van der Waals surface area contributed by atoms with Crippen LogP contribution in [0.3, 0.4) is 0 Å². The van der Waals surface area contributed by atoms with Crippen molar-refractivity contribution >= 4 is 51.1 Å².